The molecule has 0 bridgehead atoms. The zero-order valence-electron chi connectivity index (χ0n) is 15.7. The van der Waals surface area contributed by atoms with Gasteiger partial charge in [0.2, 0.25) is 0 Å². The quantitative estimate of drug-likeness (QED) is 0.364. The SMILES string of the molecule is CCOc1ccc2nc(N(Cc3cccnc3)C(=O)c3ccccc3Br)sc2c1. The van der Waals surface area contributed by atoms with Gasteiger partial charge < -0.3 is 4.74 Å². The van der Waals surface area contributed by atoms with Crippen LogP contribution in [-0.2, 0) is 6.54 Å². The smallest absolute Gasteiger partial charge is 0.261 e. The lowest BCUT2D eigenvalue weighted by Crippen LogP contribution is -2.30. The van der Waals surface area contributed by atoms with Gasteiger partial charge in [0.05, 0.1) is 28.9 Å². The van der Waals surface area contributed by atoms with E-state index >= 15 is 0 Å². The summed E-state index contributed by atoms with van der Waals surface area (Å²) in [4.78, 5) is 24.0. The van der Waals surface area contributed by atoms with Crippen LogP contribution >= 0.6 is 27.3 Å². The van der Waals surface area contributed by atoms with Crippen molar-refractivity contribution in [2.24, 2.45) is 0 Å². The average Bonchev–Trinajstić information content (AvgIpc) is 3.16. The van der Waals surface area contributed by atoms with E-state index in [1.54, 1.807) is 17.3 Å². The summed E-state index contributed by atoms with van der Waals surface area (Å²) in [6.45, 7) is 2.94. The summed E-state index contributed by atoms with van der Waals surface area (Å²) in [5, 5.41) is 0.637. The number of pyridine rings is 1. The van der Waals surface area contributed by atoms with Crippen molar-refractivity contribution in [1.29, 1.82) is 0 Å². The van der Waals surface area contributed by atoms with Gasteiger partial charge in [0.1, 0.15) is 5.75 Å². The van der Waals surface area contributed by atoms with E-state index in [1.807, 2.05) is 61.5 Å². The van der Waals surface area contributed by atoms with Gasteiger partial charge in [-0.25, -0.2) is 4.98 Å². The third-order valence-electron chi connectivity index (χ3n) is 4.30. The molecule has 4 rings (SSSR count). The molecule has 0 atom stereocenters. The van der Waals surface area contributed by atoms with Crippen LogP contribution in [-0.4, -0.2) is 22.5 Å². The van der Waals surface area contributed by atoms with Crippen molar-refractivity contribution < 1.29 is 9.53 Å². The maximum Gasteiger partial charge on any atom is 0.261 e. The number of nitrogens with zero attached hydrogens (tertiary/aromatic N) is 3. The Balaban J connectivity index is 1.76. The zero-order chi connectivity index (χ0) is 20.2. The average molecular weight is 468 g/mol. The molecular formula is C22H18BrN3O2S. The zero-order valence-corrected chi connectivity index (χ0v) is 18.1. The first-order valence-corrected chi connectivity index (χ1v) is 10.8. The molecule has 0 saturated carbocycles. The fraction of sp³-hybridized carbons (Fsp3) is 0.136. The van der Waals surface area contributed by atoms with E-state index in [0.717, 1.165) is 26.0 Å². The van der Waals surface area contributed by atoms with E-state index in [4.69, 9.17) is 9.72 Å². The number of anilines is 1. The Morgan fingerprint density at radius 1 is 1.17 bits per heavy atom. The Morgan fingerprint density at radius 3 is 2.79 bits per heavy atom. The lowest BCUT2D eigenvalue weighted by atomic mass is 10.2. The second-order valence-electron chi connectivity index (χ2n) is 6.29. The number of carbonyl (C=O) groups excluding carboxylic acids is 1. The Bertz CT molecular complexity index is 1150. The van der Waals surface area contributed by atoms with Crippen LogP contribution in [0.5, 0.6) is 5.75 Å². The molecule has 0 spiro atoms. The maximum atomic E-state index is 13.4. The van der Waals surface area contributed by atoms with Gasteiger partial charge in [-0.1, -0.05) is 29.5 Å². The fourth-order valence-electron chi connectivity index (χ4n) is 2.95. The summed E-state index contributed by atoms with van der Waals surface area (Å²) >= 11 is 4.96. The van der Waals surface area contributed by atoms with Gasteiger partial charge in [-0.15, -0.1) is 0 Å². The van der Waals surface area contributed by atoms with Crippen LogP contribution in [0.25, 0.3) is 10.2 Å². The number of rotatable bonds is 6. The third kappa shape index (κ3) is 4.31. The van der Waals surface area contributed by atoms with Crippen LogP contribution < -0.4 is 9.64 Å². The highest BCUT2D eigenvalue weighted by molar-refractivity contribution is 9.10. The highest BCUT2D eigenvalue weighted by atomic mass is 79.9. The Labute approximate surface area is 181 Å². The van der Waals surface area contributed by atoms with Crippen LogP contribution in [0.3, 0.4) is 0 Å². The van der Waals surface area contributed by atoms with Gasteiger partial charge in [-0.3, -0.25) is 14.7 Å². The van der Waals surface area contributed by atoms with E-state index in [-0.39, 0.29) is 5.91 Å². The van der Waals surface area contributed by atoms with Crippen molar-refractivity contribution in [1.82, 2.24) is 9.97 Å². The molecule has 7 heteroatoms. The normalized spacial score (nSPS) is 10.8. The molecule has 29 heavy (non-hydrogen) atoms. The minimum absolute atomic E-state index is 0.120. The number of carbonyl (C=O) groups is 1. The van der Waals surface area contributed by atoms with E-state index < -0.39 is 0 Å². The summed E-state index contributed by atoms with van der Waals surface area (Å²) < 4.78 is 7.32. The van der Waals surface area contributed by atoms with Gasteiger partial charge in [-0.2, -0.15) is 0 Å². The number of ether oxygens (including phenoxy) is 1. The molecule has 0 unspecified atom stereocenters. The second kappa shape index (κ2) is 8.71. The molecule has 5 nitrogen and oxygen atoms in total. The molecule has 0 N–H and O–H groups in total. The molecule has 4 aromatic rings. The van der Waals surface area contributed by atoms with E-state index in [2.05, 4.69) is 20.9 Å². The molecule has 0 fully saturated rings. The molecule has 0 aliphatic carbocycles. The number of benzene rings is 2. The van der Waals surface area contributed by atoms with Crippen LogP contribution in [0, 0.1) is 0 Å². The third-order valence-corrected chi connectivity index (χ3v) is 6.04. The van der Waals surface area contributed by atoms with Crippen molar-refractivity contribution in [2.45, 2.75) is 13.5 Å². The molecule has 0 aliphatic rings. The van der Waals surface area contributed by atoms with Gasteiger partial charge in [0.25, 0.3) is 5.91 Å². The minimum atomic E-state index is -0.120. The van der Waals surface area contributed by atoms with Crippen LogP contribution in [0.2, 0.25) is 0 Å². The predicted octanol–water partition coefficient (Wildman–Crippen LogP) is 5.70. The van der Waals surface area contributed by atoms with Gasteiger partial charge in [0, 0.05) is 16.9 Å². The predicted molar refractivity (Wildman–Crippen MR) is 120 cm³/mol. The molecule has 1 amide bonds. The number of aromatic nitrogens is 2. The fourth-order valence-corrected chi connectivity index (χ4v) is 4.39. The monoisotopic (exact) mass is 467 g/mol. The molecule has 2 heterocycles. The van der Waals surface area contributed by atoms with Crippen molar-refractivity contribution in [2.75, 3.05) is 11.5 Å². The van der Waals surface area contributed by atoms with E-state index in [1.165, 1.54) is 11.3 Å². The Kier molecular flexibility index (Phi) is 5.87. The van der Waals surface area contributed by atoms with Gasteiger partial charge in [-0.05, 0) is 64.8 Å². The molecule has 2 aromatic carbocycles. The maximum absolute atomic E-state index is 13.4. The lowest BCUT2D eigenvalue weighted by Gasteiger charge is -2.20. The number of amides is 1. The van der Waals surface area contributed by atoms with Crippen molar-refractivity contribution in [3.05, 3.63) is 82.6 Å². The molecule has 0 aliphatic heterocycles. The Hall–Kier alpha value is -2.77. The van der Waals surface area contributed by atoms with Crippen LogP contribution in [0.1, 0.15) is 22.8 Å². The molecule has 0 saturated heterocycles. The summed E-state index contributed by atoms with van der Waals surface area (Å²) in [6.07, 6.45) is 3.48. The van der Waals surface area contributed by atoms with Crippen LogP contribution in [0.4, 0.5) is 5.13 Å². The number of hydrogen-bond acceptors (Lipinski definition) is 5. The van der Waals surface area contributed by atoms with Crippen molar-refractivity contribution in [3.8, 4) is 5.75 Å². The first-order chi connectivity index (χ1) is 14.2. The number of thiazole rings is 1. The number of fused-ring (bicyclic) bond motifs is 1. The van der Waals surface area contributed by atoms with Crippen molar-refractivity contribution >= 4 is 48.5 Å². The highest BCUT2D eigenvalue weighted by Crippen LogP contribution is 2.33. The summed E-state index contributed by atoms with van der Waals surface area (Å²) in [7, 11) is 0. The topological polar surface area (TPSA) is 55.3 Å². The molecular weight excluding hydrogens is 450 g/mol. The Morgan fingerprint density at radius 2 is 2.03 bits per heavy atom. The van der Waals surface area contributed by atoms with Gasteiger partial charge in [0.15, 0.2) is 5.13 Å². The first kappa shape index (κ1) is 19.5. The largest absolute Gasteiger partial charge is 0.494 e. The standard InChI is InChI=1S/C22H18BrN3O2S/c1-2-28-16-9-10-19-20(12-16)29-22(25-19)26(14-15-6-5-11-24-13-15)21(27)17-7-3-4-8-18(17)23/h3-13H,2,14H2,1H3. The number of halogens is 1. The summed E-state index contributed by atoms with van der Waals surface area (Å²) in [6, 6.07) is 17.0. The van der Waals surface area contributed by atoms with E-state index in [0.29, 0.717) is 23.8 Å². The molecule has 2 aromatic heterocycles. The first-order valence-electron chi connectivity index (χ1n) is 9.14. The van der Waals surface area contributed by atoms with Crippen molar-refractivity contribution in [3.63, 3.8) is 0 Å². The van der Waals surface area contributed by atoms with Crippen LogP contribution in [0.15, 0.2) is 71.5 Å². The van der Waals surface area contributed by atoms with E-state index in [9.17, 15) is 4.79 Å². The highest BCUT2D eigenvalue weighted by Gasteiger charge is 2.23. The minimum Gasteiger partial charge on any atom is -0.494 e. The summed E-state index contributed by atoms with van der Waals surface area (Å²) in [5.41, 5.74) is 2.36. The second-order valence-corrected chi connectivity index (χ2v) is 8.15. The number of hydrogen-bond donors (Lipinski definition) is 0. The summed E-state index contributed by atoms with van der Waals surface area (Å²) in [5.74, 6) is 0.677. The van der Waals surface area contributed by atoms with Gasteiger partial charge >= 0.3 is 0 Å². The molecule has 0 radical (unpaired) electrons. The lowest BCUT2D eigenvalue weighted by molar-refractivity contribution is 0.0984. The molecule has 146 valence electrons.